The van der Waals surface area contributed by atoms with Crippen molar-refractivity contribution in [2.45, 2.75) is 0 Å². The highest BCUT2D eigenvalue weighted by molar-refractivity contribution is 6.26. The molecule has 0 atom stereocenters. The van der Waals surface area contributed by atoms with E-state index >= 15 is 0 Å². The third-order valence-corrected chi connectivity index (χ3v) is 10.00. The Bertz CT molecular complexity index is 3000. The maximum absolute atomic E-state index is 9.47. The summed E-state index contributed by atoms with van der Waals surface area (Å²) in [4.78, 5) is 10.2. The summed E-state index contributed by atoms with van der Waals surface area (Å²) in [6.07, 6.45) is 1.88. The predicted octanol–water partition coefficient (Wildman–Crippen LogP) is 11.5. The highest BCUT2D eigenvalue weighted by Crippen LogP contribution is 2.43. The molecular formula is C47H29N5. The Hall–Kier alpha value is -7.29. The molecule has 0 unspecified atom stereocenters. The Balaban J connectivity index is 1.30. The van der Waals surface area contributed by atoms with Crippen LogP contribution in [-0.4, -0.2) is 19.1 Å². The molecule has 0 radical (unpaired) electrons. The van der Waals surface area contributed by atoms with Gasteiger partial charge in [0.1, 0.15) is 5.65 Å². The Morgan fingerprint density at radius 2 is 1.17 bits per heavy atom. The van der Waals surface area contributed by atoms with Crippen molar-refractivity contribution < 1.29 is 0 Å². The molecule has 0 aliphatic carbocycles. The molecule has 10 aromatic rings. The van der Waals surface area contributed by atoms with Crippen molar-refractivity contribution >= 4 is 43.7 Å². The number of nitriles is 1. The van der Waals surface area contributed by atoms with Gasteiger partial charge in [0.15, 0.2) is 0 Å². The van der Waals surface area contributed by atoms with Crippen LogP contribution in [-0.2, 0) is 0 Å². The zero-order valence-electron chi connectivity index (χ0n) is 28.0. The molecule has 4 aromatic heterocycles. The van der Waals surface area contributed by atoms with Crippen molar-refractivity contribution in [1.29, 1.82) is 5.26 Å². The van der Waals surface area contributed by atoms with Crippen LogP contribution < -0.4 is 0 Å². The lowest BCUT2D eigenvalue weighted by atomic mass is 9.98. The fourth-order valence-electron chi connectivity index (χ4n) is 7.69. The molecule has 0 N–H and O–H groups in total. The summed E-state index contributed by atoms with van der Waals surface area (Å²) >= 11 is 0. The number of aromatic nitrogens is 4. The monoisotopic (exact) mass is 663 g/mol. The third kappa shape index (κ3) is 4.63. The van der Waals surface area contributed by atoms with E-state index < -0.39 is 0 Å². The van der Waals surface area contributed by atoms with Gasteiger partial charge in [-0.25, -0.2) is 9.97 Å². The van der Waals surface area contributed by atoms with Crippen LogP contribution in [0.2, 0.25) is 0 Å². The SMILES string of the molecule is N#Cc1ccc(-c2cc(-c3ccccc3-n3c4ncccc4c4ccc5c(c6ccccc6n5-c5ccccc5)c43)cc(-c3ccccc3)n2)cc1. The summed E-state index contributed by atoms with van der Waals surface area (Å²) in [6.45, 7) is 0. The number of nitrogens with zero attached hydrogens (tertiary/aromatic N) is 5. The van der Waals surface area contributed by atoms with Crippen molar-refractivity contribution in [1.82, 2.24) is 19.1 Å². The van der Waals surface area contributed by atoms with E-state index in [4.69, 9.17) is 9.97 Å². The highest BCUT2D eigenvalue weighted by atomic mass is 15.1. The first kappa shape index (κ1) is 29.6. The van der Waals surface area contributed by atoms with Gasteiger partial charge in [-0.05, 0) is 72.3 Å². The molecule has 6 aromatic carbocycles. The van der Waals surface area contributed by atoms with Crippen LogP contribution in [0.25, 0.3) is 88.8 Å². The summed E-state index contributed by atoms with van der Waals surface area (Å²) in [5.41, 5.74) is 12.9. The average molecular weight is 664 g/mol. The van der Waals surface area contributed by atoms with Crippen molar-refractivity contribution in [3.8, 4) is 51.1 Å². The van der Waals surface area contributed by atoms with Crippen molar-refractivity contribution in [2.75, 3.05) is 0 Å². The van der Waals surface area contributed by atoms with E-state index in [9.17, 15) is 5.26 Å². The fourth-order valence-corrected chi connectivity index (χ4v) is 7.69. The minimum absolute atomic E-state index is 0.618. The molecule has 5 nitrogen and oxygen atoms in total. The van der Waals surface area contributed by atoms with Crippen molar-refractivity contribution in [3.63, 3.8) is 0 Å². The molecule has 0 amide bonds. The molecule has 10 rings (SSSR count). The lowest BCUT2D eigenvalue weighted by molar-refractivity contribution is 1.14. The van der Waals surface area contributed by atoms with Crippen LogP contribution in [0.4, 0.5) is 0 Å². The Morgan fingerprint density at radius 1 is 0.500 bits per heavy atom. The first-order valence-corrected chi connectivity index (χ1v) is 17.3. The standard InChI is InChI=1S/C47H29N5/c48-30-31-21-23-33(24-22-31)41-29-34(28-40(50-41)32-12-3-1-4-13-32)36-16-7-9-19-42(36)52-46-37(38-18-11-27-49-47(38)52)25-26-44-45(46)39-17-8-10-20-43(39)51(44)35-14-5-2-6-15-35/h1-29H. The molecule has 52 heavy (non-hydrogen) atoms. The first-order chi connectivity index (χ1) is 25.8. The lowest BCUT2D eigenvalue weighted by Crippen LogP contribution is -2.00. The fraction of sp³-hybridized carbons (Fsp3) is 0. The van der Waals surface area contributed by atoms with Gasteiger partial charge in [-0.15, -0.1) is 0 Å². The number of fused-ring (bicyclic) bond motifs is 7. The van der Waals surface area contributed by atoms with Crippen LogP contribution in [0.15, 0.2) is 176 Å². The minimum Gasteiger partial charge on any atom is -0.309 e. The van der Waals surface area contributed by atoms with Gasteiger partial charge in [0.2, 0.25) is 0 Å². The number of hydrogen-bond donors (Lipinski definition) is 0. The summed E-state index contributed by atoms with van der Waals surface area (Å²) in [5.74, 6) is 0. The van der Waals surface area contributed by atoms with Crippen LogP contribution in [0.5, 0.6) is 0 Å². The van der Waals surface area contributed by atoms with E-state index in [-0.39, 0.29) is 0 Å². The quantitative estimate of drug-likeness (QED) is 0.184. The topological polar surface area (TPSA) is 59.4 Å². The Labute approximate surface area is 299 Å². The molecule has 4 heterocycles. The van der Waals surface area contributed by atoms with E-state index in [0.29, 0.717) is 5.56 Å². The van der Waals surface area contributed by atoms with Gasteiger partial charge in [0.05, 0.1) is 45.3 Å². The van der Waals surface area contributed by atoms with Crippen LogP contribution in [0, 0.1) is 11.3 Å². The van der Waals surface area contributed by atoms with Gasteiger partial charge in [0, 0.05) is 50.1 Å². The summed E-state index contributed by atoms with van der Waals surface area (Å²) < 4.78 is 4.72. The molecule has 5 heteroatoms. The summed E-state index contributed by atoms with van der Waals surface area (Å²) in [5, 5.41) is 14.1. The highest BCUT2D eigenvalue weighted by Gasteiger charge is 2.23. The van der Waals surface area contributed by atoms with Crippen molar-refractivity contribution in [2.24, 2.45) is 0 Å². The summed E-state index contributed by atoms with van der Waals surface area (Å²) in [7, 11) is 0. The number of pyridine rings is 2. The molecule has 0 bridgehead atoms. The van der Waals surface area contributed by atoms with E-state index in [1.807, 2.05) is 54.7 Å². The molecule has 0 aliphatic rings. The molecule has 0 aliphatic heterocycles. The van der Waals surface area contributed by atoms with E-state index in [2.05, 4.69) is 137 Å². The Morgan fingerprint density at radius 3 is 1.96 bits per heavy atom. The molecule has 0 saturated carbocycles. The number of rotatable bonds is 5. The number of para-hydroxylation sites is 3. The summed E-state index contributed by atoms with van der Waals surface area (Å²) in [6, 6.07) is 61.1. The zero-order chi connectivity index (χ0) is 34.6. The second-order valence-corrected chi connectivity index (χ2v) is 13.0. The second-order valence-electron chi connectivity index (χ2n) is 13.0. The van der Waals surface area contributed by atoms with Crippen molar-refractivity contribution in [3.05, 3.63) is 182 Å². The van der Waals surface area contributed by atoms with Gasteiger partial charge < -0.3 is 4.57 Å². The van der Waals surface area contributed by atoms with Crippen LogP contribution >= 0.6 is 0 Å². The van der Waals surface area contributed by atoms with Gasteiger partial charge >= 0.3 is 0 Å². The maximum Gasteiger partial charge on any atom is 0.145 e. The lowest BCUT2D eigenvalue weighted by Gasteiger charge is -2.16. The zero-order valence-corrected chi connectivity index (χ0v) is 28.0. The smallest absolute Gasteiger partial charge is 0.145 e. The normalized spacial score (nSPS) is 11.4. The third-order valence-electron chi connectivity index (χ3n) is 10.00. The van der Waals surface area contributed by atoms with E-state index in [0.717, 1.165) is 78.0 Å². The molecule has 0 fully saturated rings. The van der Waals surface area contributed by atoms with Gasteiger partial charge in [0.25, 0.3) is 0 Å². The largest absolute Gasteiger partial charge is 0.309 e. The van der Waals surface area contributed by atoms with E-state index in [1.54, 1.807) is 0 Å². The predicted molar refractivity (Wildman–Crippen MR) is 212 cm³/mol. The number of benzene rings is 6. The Kier molecular flexibility index (Phi) is 6.80. The van der Waals surface area contributed by atoms with Gasteiger partial charge in [-0.2, -0.15) is 5.26 Å². The average Bonchev–Trinajstić information content (AvgIpc) is 3.74. The van der Waals surface area contributed by atoms with Gasteiger partial charge in [-0.3, -0.25) is 4.57 Å². The van der Waals surface area contributed by atoms with Gasteiger partial charge in [-0.1, -0.05) is 103 Å². The maximum atomic E-state index is 9.47. The number of hydrogen-bond acceptors (Lipinski definition) is 3. The van der Waals surface area contributed by atoms with Crippen LogP contribution in [0.1, 0.15) is 5.56 Å². The molecule has 242 valence electrons. The van der Waals surface area contributed by atoms with E-state index in [1.165, 1.54) is 10.8 Å². The molecule has 0 spiro atoms. The molecular weight excluding hydrogens is 635 g/mol. The molecule has 0 saturated heterocycles. The second kappa shape index (κ2) is 11.9. The minimum atomic E-state index is 0.618. The van der Waals surface area contributed by atoms with Crippen LogP contribution in [0.3, 0.4) is 0 Å². The first-order valence-electron chi connectivity index (χ1n) is 17.3.